The van der Waals surface area contributed by atoms with Crippen LogP contribution in [0.1, 0.15) is 31.7 Å². The van der Waals surface area contributed by atoms with Gasteiger partial charge < -0.3 is 14.8 Å². The van der Waals surface area contributed by atoms with Gasteiger partial charge >= 0.3 is 5.97 Å². The molecule has 0 radical (unpaired) electrons. The Kier molecular flexibility index (Phi) is 4.65. The van der Waals surface area contributed by atoms with Crippen LogP contribution in [0.4, 0.5) is 0 Å². The number of carboxylic acids is 1. The molecule has 0 spiro atoms. The Hall–Kier alpha value is -1.85. The van der Waals surface area contributed by atoms with Gasteiger partial charge in [-0.1, -0.05) is 25.5 Å². The van der Waals surface area contributed by atoms with Crippen LogP contribution in [-0.4, -0.2) is 44.8 Å². The van der Waals surface area contributed by atoms with Gasteiger partial charge in [-0.25, -0.2) is 0 Å². The van der Waals surface area contributed by atoms with Crippen molar-refractivity contribution >= 4 is 16.9 Å². The molecule has 1 fully saturated rings. The Labute approximate surface area is 142 Å². The van der Waals surface area contributed by atoms with Crippen LogP contribution in [0, 0.1) is 5.41 Å². The van der Waals surface area contributed by atoms with Crippen molar-refractivity contribution in [1.29, 1.82) is 0 Å². The Morgan fingerprint density at radius 3 is 2.88 bits per heavy atom. The third-order valence-corrected chi connectivity index (χ3v) is 5.34. The quantitative estimate of drug-likeness (QED) is 0.884. The molecule has 5 heteroatoms. The number of carbonyl (C=O) groups is 1. The maximum Gasteiger partial charge on any atom is 0.313 e. The Morgan fingerprint density at radius 2 is 2.17 bits per heavy atom. The summed E-state index contributed by atoms with van der Waals surface area (Å²) in [6.07, 6.45) is 3.06. The van der Waals surface area contributed by atoms with E-state index >= 15 is 0 Å². The van der Waals surface area contributed by atoms with Gasteiger partial charge in [-0.05, 0) is 35.9 Å². The Morgan fingerprint density at radius 1 is 1.38 bits per heavy atom. The molecule has 0 aliphatic carbocycles. The average Bonchev–Trinajstić information content (AvgIpc) is 2.92. The minimum Gasteiger partial charge on any atom is -0.481 e. The van der Waals surface area contributed by atoms with Crippen LogP contribution in [0.2, 0.25) is 0 Å². The molecule has 0 amide bonds. The van der Waals surface area contributed by atoms with Crippen molar-refractivity contribution in [2.45, 2.75) is 38.8 Å². The van der Waals surface area contributed by atoms with Crippen LogP contribution in [0.5, 0.6) is 0 Å². The number of fused-ring (bicyclic) bond motifs is 1. The third kappa shape index (κ3) is 2.94. The second-order valence-electron chi connectivity index (χ2n) is 7.05. The summed E-state index contributed by atoms with van der Waals surface area (Å²) in [4.78, 5) is 14.0. The number of aliphatic hydroxyl groups is 1. The van der Waals surface area contributed by atoms with Crippen molar-refractivity contribution in [3.8, 4) is 0 Å². The predicted molar refractivity (Wildman–Crippen MR) is 93.8 cm³/mol. The molecule has 3 rings (SSSR count). The monoisotopic (exact) mass is 330 g/mol. The number of carboxylic acid groups (broad SMARTS) is 1. The molecule has 1 aromatic carbocycles. The number of aliphatic hydroxyl groups excluding tert-OH is 1. The van der Waals surface area contributed by atoms with Crippen LogP contribution in [0.3, 0.4) is 0 Å². The van der Waals surface area contributed by atoms with Gasteiger partial charge in [0, 0.05) is 38.4 Å². The SMILES string of the molecule is CCC[C@@]1(C(=O)O)CN(Cc2ccc3ccn(C)c3c2)CC[C@H]1O. The first-order valence-electron chi connectivity index (χ1n) is 8.64. The Bertz CT molecular complexity index is 739. The van der Waals surface area contributed by atoms with Gasteiger partial charge in [-0.3, -0.25) is 9.69 Å². The van der Waals surface area contributed by atoms with E-state index in [-0.39, 0.29) is 0 Å². The number of aromatic nitrogens is 1. The first kappa shape index (κ1) is 17.0. The van der Waals surface area contributed by atoms with Gasteiger partial charge in [0.15, 0.2) is 0 Å². The molecule has 130 valence electrons. The highest BCUT2D eigenvalue weighted by Crippen LogP contribution is 2.36. The number of piperidine rings is 1. The maximum atomic E-state index is 11.9. The fraction of sp³-hybridized carbons (Fsp3) is 0.526. The number of benzene rings is 1. The van der Waals surface area contributed by atoms with E-state index in [0.717, 1.165) is 13.0 Å². The van der Waals surface area contributed by atoms with Crippen molar-refractivity contribution in [3.63, 3.8) is 0 Å². The topological polar surface area (TPSA) is 65.7 Å². The van der Waals surface area contributed by atoms with E-state index in [0.29, 0.717) is 25.9 Å². The van der Waals surface area contributed by atoms with Crippen LogP contribution < -0.4 is 0 Å². The maximum absolute atomic E-state index is 11.9. The molecule has 2 aromatic rings. The van der Waals surface area contributed by atoms with E-state index in [1.165, 1.54) is 16.5 Å². The molecule has 1 aliphatic heterocycles. The fourth-order valence-corrected chi connectivity index (χ4v) is 3.97. The van der Waals surface area contributed by atoms with Gasteiger partial charge in [0.2, 0.25) is 0 Å². The number of nitrogens with zero attached hydrogens (tertiary/aromatic N) is 2. The lowest BCUT2D eigenvalue weighted by Crippen LogP contribution is -2.55. The van der Waals surface area contributed by atoms with Crippen molar-refractivity contribution in [3.05, 3.63) is 36.0 Å². The molecule has 1 aliphatic rings. The minimum absolute atomic E-state index is 0.405. The zero-order chi connectivity index (χ0) is 17.3. The summed E-state index contributed by atoms with van der Waals surface area (Å²) in [7, 11) is 2.03. The van der Waals surface area contributed by atoms with Gasteiger partial charge in [0.25, 0.3) is 0 Å². The van der Waals surface area contributed by atoms with Crippen LogP contribution in [0.25, 0.3) is 10.9 Å². The summed E-state index contributed by atoms with van der Waals surface area (Å²) in [6.45, 7) is 3.82. The van der Waals surface area contributed by atoms with E-state index in [4.69, 9.17) is 0 Å². The first-order chi connectivity index (χ1) is 11.5. The van der Waals surface area contributed by atoms with Gasteiger partial charge in [0.05, 0.1) is 6.10 Å². The summed E-state index contributed by atoms with van der Waals surface area (Å²) in [5, 5.41) is 21.3. The molecule has 2 atom stereocenters. The Balaban J connectivity index is 1.81. The normalized spacial score (nSPS) is 25.2. The second-order valence-corrected chi connectivity index (χ2v) is 7.05. The smallest absolute Gasteiger partial charge is 0.313 e. The second kappa shape index (κ2) is 6.57. The van der Waals surface area contributed by atoms with E-state index in [2.05, 4.69) is 33.7 Å². The van der Waals surface area contributed by atoms with Gasteiger partial charge in [0.1, 0.15) is 5.41 Å². The van der Waals surface area contributed by atoms with E-state index in [9.17, 15) is 15.0 Å². The van der Waals surface area contributed by atoms with Crippen molar-refractivity contribution in [1.82, 2.24) is 9.47 Å². The summed E-state index contributed by atoms with van der Waals surface area (Å²) < 4.78 is 2.09. The molecule has 2 N–H and O–H groups in total. The molecule has 2 heterocycles. The van der Waals surface area contributed by atoms with E-state index in [1.54, 1.807) is 0 Å². The number of likely N-dealkylation sites (tertiary alicyclic amines) is 1. The number of aliphatic carboxylic acids is 1. The number of hydrogen-bond acceptors (Lipinski definition) is 3. The molecule has 1 aromatic heterocycles. The minimum atomic E-state index is -1.04. The highest BCUT2D eigenvalue weighted by molar-refractivity contribution is 5.80. The van der Waals surface area contributed by atoms with Gasteiger partial charge in [-0.15, -0.1) is 0 Å². The first-order valence-corrected chi connectivity index (χ1v) is 8.64. The number of aryl methyl sites for hydroxylation is 1. The number of hydrogen-bond donors (Lipinski definition) is 2. The lowest BCUT2D eigenvalue weighted by Gasteiger charge is -2.43. The molecule has 1 saturated heterocycles. The van der Waals surface area contributed by atoms with Crippen molar-refractivity contribution < 1.29 is 15.0 Å². The van der Waals surface area contributed by atoms with Crippen molar-refractivity contribution in [2.24, 2.45) is 12.5 Å². The lowest BCUT2D eigenvalue weighted by atomic mass is 9.74. The molecule has 0 unspecified atom stereocenters. The highest BCUT2D eigenvalue weighted by Gasteiger charge is 2.48. The molecule has 5 nitrogen and oxygen atoms in total. The molecule has 0 saturated carbocycles. The highest BCUT2D eigenvalue weighted by atomic mass is 16.4. The standard InChI is InChI=1S/C19H26N2O3/c1-3-8-19(18(23)24)13-21(10-7-17(19)22)12-14-4-5-15-6-9-20(2)16(15)11-14/h4-6,9,11,17,22H,3,7-8,10,12-13H2,1-2H3,(H,23,24)/t17-,19-/m1/s1. The zero-order valence-electron chi connectivity index (χ0n) is 14.4. The summed E-state index contributed by atoms with van der Waals surface area (Å²) >= 11 is 0. The summed E-state index contributed by atoms with van der Waals surface area (Å²) in [5.74, 6) is -0.876. The van der Waals surface area contributed by atoms with Crippen LogP contribution >= 0.6 is 0 Å². The summed E-state index contributed by atoms with van der Waals surface area (Å²) in [5.41, 5.74) is 1.32. The zero-order valence-corrected chi connectivity index (χ0v) is 14.4. The van der Waals surface area contributed by atoms with Crippen molar-refractivity contribution in [2.75, 3.05) is 13.1 Å². The van der Waals surface area contributed by atoms with Gasteiger partial charge in [-0.2, -0.15) is 0 Å². The molecule has 24 heavy (non-hydrogen) atoms. The van der Waals surface area contributed by atoms with Crippen LogP contribution in [0.15, 0.2) is 30.5 Å². The third-order valence-electron chi connectivity index (χ3n) is 5.34. The molecular weight excluding hydrogens is 304 g/mol. The average molecular weight is 330 g/mol. The molecular formula is C19H26N2O3. The van der Waals surface area contributed by atoms with E-state index < -0.39 is 17.5 Å². The predicted octanol–water partition coefficient (Wildman–Crippen LogP) is 2.62. The molecule has 0 bridgehead atoms. The largest absolute Gasteiger partial charge is 0.481 e. The summed E-state index contributed by atoms with van der Waals surface area (Å²) in [6, 6.07) is 8.48. The van der Waals surface area contributed by atoms with Crippen LogP contribution in [-0.2, 0) is 18.4 Å². The van der Waals surface area contributed by atoms with E-state index in [1.807, 2.05) is 20.2 Å². The number of rotatable bonds is 5. The lowest BCUT2D eigenvalue weighted by molar-refractivity contribution is -0.164. The fourth-order valence-electron chi connectivity index (χ4n) is 3.97.